The third kappa shape index (κ3) is 1.77. The van der Waals surface area contributed by atoms with Crippen LogP contribution in [0.3, 0.4) is 0 Å². The lowest BCUT2D eigenvalue weighted by molar-refractivity contribution is 0.0963. The molecule has 0 aliphatic heterocycles. The number of aromatic nitrogens is 1. The van der Waals surface area contributed by atoms with Gasteiger partial charge >= 0.3 is 0 Å². The molecule has 0 aliphatic carbocycles. The molecule has 57 valence electrons. The summed E-state index contributed by atoms with van der Waals surface area (Å²) in [5, 5.41) is 2.50. The lowest BCUT2D eigenvalue weighted by Gasteiger charge is -1.97. The van der Waals surface area contributed by atoms with Gasteiger partial charge in [0.2, 0.25) is 0 Å². The molecule has 0 bridgehead atoms. The molecule has 0 aromatic carbocycles. The van der Waals surface area contributed by atoms with Crippen molar-refractivity contribution in [1.29, 1.82) is 0 Å². The van der Waals surface area contributed by atoms with Gasteiger partial charge in [0, 0.05) is 18.9 Å². The lowest BCUT2D eigenvalue weighted by atomic mass is 10.2. The van der Waals surface area contributed by atoms with Crippen molar-refractivity contribution in [3.8, 4) is 0 Å². The standard InChI is InChI=1S/C8H9N2O/c1-6-3-4-7(5-10-6)8(11)9-2/h3-5H,1H2,2H3,(H,9,11). The van der Waals surface area contributed by atoms with Crippen LogP contribution in [0.1, 0.15) is 16.1 Å². The first-order valence-corrected chi connectivity index (χ1v) is 3.24. The predicted molar refractivity (Wildman–Crippen MR) is 42.1 cm³/mol. The fourth-order valence-electron chi connectivity index (χ4n) is 0.703. The lowest BCUT2D eigenvalue weighted by Crippen LogP contribution is -2.17. The maximum absolute atomic E-state index is 11.0. The first-order valence-electron chi connectivity index (χ1n) is 3.24. The summed E-state index contributed by atoms with van der Waals surface area (Å²) >= 11 is 0. The Kier molecular flexibility index (Phi) is 2.21. The van der Waals surface area contributed by atoms with Crippen LogP contribution in [-0.4, -0.2) is 17.9 Å². The van der Waals surface area contributed by atoms with Crippen molar-refractivity contribution in [3.05, 3.63) is 36.5 Å². The Balaban J connectivity index is 2.90. The first-order chi connectivity index (χ1) is 5.24. The fourth-order valence-corrected chi connectivity index (χ4v) is 0.703. The molecule has 1 rings (SSSR count). The molecule has 1 N–H and O–H groups in total. The molecule has 0 spiro atoms. The van der Waals surface area contributed by atoms with Crippen LogP contribution in [0.2, 0.25) is 0 Å². The molecule has 1 aromatic rings. The molecule has 1 amide bonds. The van der Waals surface area contributed by atoms with Gasteiger partial charge in [-0.15, -0.1) is 0 Å². The van der Waals surface area contributed by atoms with Crippen molar-refractivity contribution in [2.45, 2.75) is 0 Å². The normalized spacial score (nSPS) is 9.27. The van der Waals surface area contributed by atoms with E-state index in [4.69, 9.17) is 0 Å². The Morgan fingerprint density at radius 3 is 2.82 bits per heavy atom. The van der Waals surface area contributed by atoms with E-state index in [0.717, 1.165) is 0 Å². The van der Waals surface area contributed by atoms with Crippen LogP contribution in [0.15, 0.2) is 18.3 Å². The summed E-state index contributed by atoms with van der Waals surface area (Å²) < 4.78 is 0. The molecule has 0 unspecified atom stereocenters. The first kappa shape index (κ1) is 7.72. The minimum atomic E-state index is -0.127. The van der Waals surface area contributed by atoms with Crippen LogP contribution >= 0.6 is 0 Å². The minimum Gasteiger partial charge on any atom is -0.355 e. The van der Waals surface area contributed by atoms with Crippen molar-refractivity contribution in [1.82, 2.24) is 10.3 Å². The molecule has 0 atom stereocenters. The van der Waals surface area contributed by atoms with Crippen molar-refractivity contribution >= 4 is 5.91 Å². The number of carbonyl (C=O) groups is 1. The van der Waals surface area contributed by atoms with Crippen molar-refractivity contribution < 1.29 is 4.79 Å². The van der Waals surface area contributed by atoms with Gasteiger partial charge in [-0.25, -0.2) is 0 Å². The van der Waals surface area contributed by atoms with Crippen LogP contribution in [0.4, 0.5) is 0 Å². The highest BCUT2D eigenvalue weighted by Crippen LogP contribution is 1.97. The molecule has 3 nitrogen and oxygen atoms in total. The quantitative estimate of drug-likeness (QED) is 0.636. The molecule has 0 saturated heterocycles. The van der Waals surface area contributed by atoms with Crippen LogP contribution in [0.5, 0.6) is 0 Å². The number of rotatable bonds is 1. The third-order valence-corrected chi connectivity index (χ3v) is 1.31. The highest BCUT2D eigenvalue weighted by molar-refractivity contribution is 5.93. The third-order valence-electron chi connectivity index (χ3n) is 1.31. The molecular weight excluding hydrogens is 140 g/mol. The summed E-state index contributed by atoms with van der Waals surface area (Å²) in [6, 6.07) is 3.39. The number of pyridine rings is 1. The van der Waals surface area contributed by atoms with Crippen molar-refractivity contribution in [3.63, 3.8) is 0 Å². The maximum Gasteiger partial charge on any atom is 0.252 e. The molecular formula is C8H9N2O. The highest BCUT2D eigenvalue weighted by atomic mass is 16.1. The summed E-state index contributed by atoms with van der Waals surface area (Å²) in [6.45, 7) is 3.60. The molecule has 11 heavy (non-hydrogen) atoms. The van der Waals surface area contributed by atoms with Gasteiger partial charge in [0.15, 0.2) is 0 Å². The van der Waals surface area contributed by atoms with E-state index in [9.17, 15) is 4.79 Å². The SMILES string of the molecule is [CH2]c1ccc(C(=O)NC)cn1. The second-order valence-corrected chi connectivity index (χ2v) is 2.12. The van der Waals surface area contributed by atoms with Crippen LogP contribution < -0.4 is 5.32 Å². The Morgan fingerprint density at radius 1 is 1.64 bits per heavy atom. The van der Waals surface area contributed by atoms with Crippen molar-refractivity contribution in [2.75, 3.05) is 7.05 Å². The zero-order valence-electron chi connectivity index (χ0n) is 6.29. The van der Waals surface area contributed by atoms with Crippen LogP contribution in [0.25, 0.3) is 0 Å². The van der Waals surface area contributed by atoms with Crippen molar-refractivity contribution in [2.24, 2.45) is 0 Å². The smallest absolute Gasteiger partial charge is 0.252 e. The Morgan fingerprint density at radius 2 is 2.36 bits per heavy atom. The topological polar surface area (TPSA) is 42.0 Å². The zero-order chi connectivity index (χ0) is 8.27. The zero-order valence-corrected chi connectivity index (χ0v) is 6.29. The Hall–Kier alpha value is -1.38. The largest absolute Gasteiger partial charge is 0.355 e. The number of hydrogen-bond acceptors (Lipinski definition) is 2. The van der Waals surface area contributed by atoms with Gasteiger partial charge in [-0.3, -0.25) is 9.78 Å². The summed E-state index contributed by atoms with van der Waals surface area (Å²) in [4.78, 5) is 14.8. The average molecular weight is 149 g/mol. The minimum absolute atomic E-state index is 0.127. The number of hydrogen-bond donors (Lipinski definition) is 1. The summed E-state index contributed by atoms with van der Waals surface area (Å²) in [5.74, 6) is -0.127. The highest BCUT2D eigenvalue weighted by Gasteiger charge is 2.00. The fraction of sp³-hybridized carbons (Fsp3) is 0.125. The molecule has 1 radical (unpaired) electrons. The molecule has 0 fully saturated rings. The second kappa shape index (κ2) is 3.14. The van der Waals surface area contributed by atoms with Gasteiger partial charge in [0.25, 0.3) is 5.91 Å². The van der Waals surface area contributed by atoms with E-state index in [1.54, 1.807) is 19.2 Å². The maximum atomic E-state index is 11.0. The van der Waals surface area contributed by atoms with E-state index < -0.39 is 0 Å². The number of carbonyl (C=O) groups excluding carboxylic acids is 1. The van der Waals surface area contributed by atoms with E-state index in [0.29, 0.717) is 11.3 Å². The van der Waals surface area contributed by atoms with Gasteiger partial charge in [-0.1, -0.05) is 0 Å². The Labute approximate surface area is 65.5 Å². The van der Waals surface area contributed by atoms with E-state index in [1.165, 1.54) is 6.20 Å². The van der Waals surface area contributed by atoms with E-state index in [1.807, 2.05) is 0 Å². The molecule has 0 saturated carbocycles. The van der Waals surface area contributed by atoms with E-state index in [2.05, 4.69) is 17.2 Å². The Bertz CT molecular complexity index is 253. The van der Waals surface area contributed by atoms with Crippen LogP contribution in [0, 0.1) is 6.92 Å². The second-order valence-electron chi connectivity index (χ2n) is 2.12. The summed E-state index contributed by atoms with van der Waals surface area (Å²) in [7, 11) is 1.58. The van der Waals surface area contributed by atoms with E-state index >= 15 is 0 Å². The molecule has 1 aromatic heterocycles. The predicted octanol–water partition coefficient (Wildman–Crippen LogP) is 0.623. The molecule has 3 heteroatoms. The van der Waals surface area contributed by atoms with Gasteiger partial charge in [-0.05, 0) is 19.1 Å². The van der Waals surface area contributed by atoms with Gasteiger partial charge < -0.3 is 5.32 Å². The monoisotopic (exact) mass is 149 g/mol. The molecule has 1 heterocycles. The number of amides is 1. The van der Waals surface area contributed by atoms with Crippen LogP contribution in [-0.2, 0) is 0 Å². The number of nitrogens with zero attached hydrogens (tertiary/aromatic N) is 1. The van der Waals surface area contributed by atoms with Gasteiger partial charge in [0.05, 0.1) is 5.56 Å². The summed E-state index contributed by atoms with van der Waals surface area (Å²) in [6.07, 6.45) is 1.50. The van der Waals surface area contributed by atoms with Gasteiger partial charge in [0.1, 0.15) is 0 Å². The van der Waals surface area contributed by atoms with Gasteiger partial charge in [-0.2, -0.15) is 0 Å². The number of nitrogens with one attached hydrogen (secondary N) is 1. The van der Waals surface area contributed by atoms with E-state index in [-0.39, 0.29) is 5.91 Å². The summed E-state index contributed by atoms with van der Waals surface area (Å²) in [5.41, 5.74) is 1.22. The average Bonchev–Trinajstić information content (AvgIpc) is 2.05. The molecule has 0 aliphatic rings.